The minimum absolute atomic E-state index is 0.0246. The predicted octanol–water partition coefficient (Wildman–Crippen LogP) is 5.55. The Balaban J connectivity index is 1.35. The van der Waals surface area contributed by atoms with Gasteiger partial charge in [-0.05, 0) is 56.2 Å². The molecule has 1 aliphatic carbocycles. The van der Waals surface area contributed by atoms with E-state index in [0.29, 0.717) is 18.6 Å². The lowest BCUT2D eigenvalue weighted by atomic mass is 9.78. The Kier molecular flexibility index (Phi) is 9.22. The third kappa shape index (κ3) is 8.43. The van der Waals surface area contributed by atoms with Crippen molar-refractivity contribution in [1.82, 2.24) is 21.2 Å². The second-order valence-electron chi connectivity index (χ2n) is 12.0. The van der Waals surface area contributed by atoms with Gasteiger partial charge in [-0.2, -0.15) is 0 Å². The Morgan fingerprint density at radius 3 is 2.02 bits per heavy atom. The SMILES string of the molecule is CC(=O)NNC(=O)c1ncc(F)cc1Oc1ccc(C(C)(C)c2ccc(OC3CC(NC(=O)OC(C)(C)C)C3)cc2)cc1. The van der Waals surface area contributed by atoms with E-state index in [0.717, 1.165) is 29.1 Å². The highest BCUT2D eigenvalue weighted by Crippen LogP contribution is 2.35. The largest absolute Gasteiger partial charge is 0.490 e. The van der Waals surface area contributed by atoms with Gasteiger partial charge in [-0.15, -0.1) is 0 Å². The lowest BCUT2D eigenvalue weighted by molar-refractivity contribution is -0.119. The molecule has 0 atom stereocenters. The molecule has 1 fully saturated rings. The summed E-state index contributed by atoms with van der Waals surface area (Å²) in [7, 11) is 0. The van der Waals surface area contributed by atoms with E-state index in [9.17, 15) is 18.8 Å². The number of ether oxygens (including phenoxy) is 3. The zero-order chi connectivity index (χ0) is 31.4. The maximum absolute atomic E-state index is 13.9. The summed E-state index contributed by atoms with van der Waals surface area (Å²) >= 11 is 0. The van der Waals surface area contributed by atoms with Crippen molar-refractivity contribution in [3.63, 3.8) is 0 Å². The van der Waals surface area contributed by atoms with Crippen molar-refractivity contribution in [2.75, 3.05) is 0 Å². The lowest BCUT2D eigenvalue weighted by Crippen LogP contribution is -2.50. The van der Waals surface area contributed by atoms with E-state index >= 15 is 0 Å². The van der Waals surface area contributed by atoms with Gasteiger partial charge in [0.1, 0.15) is 29.0 Å². The third-order valence-electron chi connectivity index (χ3n) is 6.88. The number of carbonyl (C=O) groups excluding carboxylic acids is 3. The number of hydrogen-bond donors (Lipinski definition) is 3. The molecule has 0 bridgehead atoms. The van der Waals surface area contributed by atoms with Gasteiger partial charge in [-0.3, -0.25) is 20.4 Å². The number of benzene rings is 2. The topological polar surface area (TPSA) is 128 Å². The van der Waals surface area contributed by atoms with E-state index in [2.05, 4.69) is 35.0 Å². The Hall–Kier alpha value is -4.67. The van der Waals surface area contributed by atoms with Gasteiger partial charge >= 0.3 is 6.09 Å². The highest BCUT2D eigenvalue weighted by molar-refractivity contribution is 5.95. The summed E-state index contributed by atoms with van der Waals surface area (Å²) in [6.07, 6.45) is 1.94. The van der Waals surface area contributed by atoms with Crippen LogP contribution in [0.25, 0.3) is 0 Å². The zero-order valence-electron chi connectivity index (χ0n) is 25.1. The highest BCUT2D eigenvalue weighted by Gasteiger charge is 2.33. The molecule has 0 radical (unpaired) electrons. The first kappa shape index (κ1) is 31.3. The molecule has 3 amide bonds. The van der Waals surface area contributed by atoms with E-state index in [1.54, 1.807) is 12.1 Å². The number of halogens is 1. The van der Waals surface area contributed by atoms with Crippen LogP contribution in [0.1, 0.15) is 76.0 Å². The van der Waals surface area contributed by atoms with Crippen LogP contribution < -0.4 is 25.6 Å². The van der Waals surface area contributed by atoms with Crippen LogP contribution in [0, 0.1) is 5.82 Å². The Bertz CT molecular complexity index is 1460. The quantitative estimate of drug-likeness (QED) is 0.293. The number of hydrazine groups is 1. The summed E-state index contributed by atoms with van der Waals surface area (Å²) in [5.74, 6) is -0.852. The minimum atomic E-state index is -0.745. The van der Waals surface area contributed by atoms with Crippen molar-refractivity contribution in [2.45, 2.75) is 77.5 Å². The van der Waals surface area contributed by atoms with Crippen LogP contribution in [0.2, 0.25) is 0 Å². The molecule has 10 nitrogen and oxygen atoms in total. The molecule has 1 aliphatic rings. The van der Waals surface area contributed by atoms with Crippen LogP contribution in [0.4, 0.5) is 9.18 Å². The first-order valence-electron chi connectivity index (χ1n) is 14.0. The van der Waals surface area contributed by atoms with Gasteiger partial charge in [0.15, 0.2) is 11.4 Å². The van der Waals surface area contributed by atoms with Crippen LogP contribution in [-0.4, -0.2) is 40.6 Å². The number of aromatic nitrogens is 1. The van der Waals surface area contributed by atoms with E-state index in [1.165, 1.54) is 6.92 Å². The number of amides is 3. The summed E-state index contributed by atoms with van der Waals surface area (Å²) in [6, 6.07) is 16.3. The molecular formula is C32H37FN4O6. The lowest BCUT2D eigenvalue weighted by Gasteiger charge is -2.36. The van der Waals surface area contributed by atoms with Crippen LogP contribution in [0.15, 0.2) is 60.8 Å². The number of nitrogens with zero attached hydrogens (tertiary/aromatic N) is 1. The summed E-state index contributed by atoms with van der Waals surface area (Å²) in [5.41, 5.74) is 5.36. The van der Waals surface area contributed by atoms with E-state index in [4.69, 9.17) is 14.2 Å². The van der Waals surface area contributed by atoms with Crippen molar-refractivity contribution in [3.8, 4) is 17.2 Å². The Morgan fingerprint density at radius 1 is 0.884 bits per heavy atom. The smallest absolute Gasteiger partial charge is 0.407 e. The van der Waals surface area contributed by atoms with Crippen LogP contribution >= 0.6 is 0 Å². The maximum atomic E-state index is 13.9. The van der Waals surface area contributed by atoms with Crippen molar-refractivity contribution < 1.29 is 33.0 Å². The molecule has 3 N–H and O–H groups in total. The normalized spacial score (nSPS) is 16.3. The van der Waals surface area contributed by atoms with Crippen molar-refractivity contribution in [3.05, 3.63) is 83.4 Å². The predicted molar refractivity (Wildman–Crippen MR) is 157 cm³/mol. The fourth-order valence-electron chi connectivity index (χ4n) is 4.50. The van der Waals surface area contributed by atoms with E-state index in [1.807, 2.05) is 57.2 Å². The van der Waals surface area contributed by atoms with Gasteiger partial charge in [0.2, 0.25) is 5.91 Å². The fourth-order valence-corrected chi connectivity index (χ4v) is 4.50. The second-order valence-corrected chi connectivity index (χ2v) is 12.0. The van der Waals surface area contributed by atoms with Crippen LogP contribution in [0.3, 0.4) is 0 Å². The molecule has 1 saturated carbocycles. The van der Waals surface area contributed by atoms with Crippen molar-refractivity contribution in [2.24, 2.45) is 0 Å². The summed E-state index contributed by atoms with van der Waals surface area (Å²) < 4.78 is 31.1. The molecule has 2 aromatic carbocycles. The van der Waals surface area contributed by atoms with Crippen molar-refractivity contribution in [1.29, 1.82) is 0 Å². The molecule has 0 unspecified atom stereocenters. The van der Waals surface area contributed by atoms with Crippen molar-refractivity contribution >= 4 is 17.9 Å². The van der Waals surface area contributed by atoms with Gasteiger partial charge in [0.05, 0.1) is 6.20 Å². The average Bonchev–Trinajstić information content (AvgIpc) is 2.90. The number of rotatable bonds is 8. The first-order chi connectivity index (χ1) is 20.2. The molecule has 0 aliphatic heterocycles. The van der Waals surface area contributed by atoms with Crippen LogP contribution in [-0.2, 0) is 14.9 Å². The summed E-state index contributed by atoms with van der Waals surface area (Å²) in [5, 5.41) is 2.87. The monoisotopic (exact) mass is 592 g/mol. The van der Waals surface area contributed by atoms with E-state index < -0.39 is 29.3 Å². The Morgan fingerprint density at radius 2 is 1.47 bits per heavy atom. The summed E-state index contributed by atoms with van der Waals surface area (Å²) in [6.45, 7) is 10.9. The molecule has 1 aromatic heterocycles. The number of alkyl carbamates (subject to hydrolysis) is 1. The average molecular weight is 593 g/mol. The molecule has 3 aromatic rings. The fraction of sp³-hybridized carbons (Fsp3) is 0.375. The highest BCUT2D eigenvalue weighted by atomic mass is 19.1. The Labute approximate surface area is 250 Å². The molecule has 11 heteroatoms. The number of pyridine rings is 1. The van der Waals surface area contributed by atoms with Gasteiger partial charge in [0, 0.05) is 37.3 Å². The second kappa shape index (κ2) is 12.7. The third-order valence-corrected chi connectivity index (χ3v) is 6.88. The molecule has 0 spiro atoms. The first-order valence-corrected chi connectivity index (χ1v) is 14.0. The summed E-state index contributed by atoms with van der Waals surface area (Å²) in [4.78, 5) is 39.3. The van der Waals surface area contributed by atoms with Gasteiger partial charge in [0.25, 0.3) is 5.91 Å². The maximum Gasteiger partial charge on any atom is 0.407 e. The standard InChI is InChI=1S/C32H37FN4O6/c1-19(38)36-37-29(39)28-27(15-22(33)18-34-28)42-25-13-9-21(10-14-25)32(5,6)20-7-11-24(12-8-20)41-26-16-23(17-26)35-30(40)43-31(2,3)4/h7-15,18,23,26H,16-17H2,1-6H3,(H,35,40)(H,36,38)(H,37,39). The molecule has 228 valence electrons. The minimum Gasteiger partial charge on any atom is -0.490 e. The van der Waals surface area contributed by atoms with Gasteiger partial charge in [-0.25, -0.2) is 14.2 Å². The van der Waals surface area contributed by atoms with Crippen LogP contribution in [0.5, 0.6) is 17.2 Å². The molecule has 4 rings (SSSR count). The zero-order valence-corrected chi connectivity index (χ0v) is 25.1. The molecule has 0 saturated heterocycles. The number of carbonyl (C=O) groups is 3. The van der Waals surface area contributed by atoms with E-state index in [-0.39, 0.29) is 29.0 Å². The van der Waals surface area contributed by atoms with Gasteiger partial charge in [-0.1, -0.05) is 38.1 Å². The molecular weight excluding hydrogens is 555 g/mol. The number of nitrogens with one attached hydrogen (secondary N) is 3. The number of hydrogen-bond acceptors (Lipinski definition) is 7. The van der Waals surface area contributed by atoms with Gasteiger partial charge < -0.3 is 19.5 Å². The molecule has 1 heterocycles. The molecule has 43 heavy (non-hydrogen) atoms.